The zero-order valence-electron chi connectivity index (χ0n) is 9.20. The molecule has 0 unspecified atom stereocenters. The Balaban J connectivity index is 2.14. The molecule has 0 atom stereocenters. The van der Waals surface area contributed by atoms with Gasteiger partial charge in [-0.3, -0.25) is 0 Å². The number of nitrogens with one attached hydrogen (secondary N) is 1. The average Bonchev–Trinajstić information content (AvgIpc) is 3.00. The van der Waals surface area contributed by atoms with E-state index in [1.165, 1.54) is 18.4 Å². The van der Waals surface area contributed by atoms with E-state index in [-0.39, 0.29) is 0 Å². The van der Waals surface area contributed by atoms with E-state index in [2.05, 4.69) is 20.9 Å². The van der Waals surface area contributed by atoms with Gasteiger partial charge in [-0.15, -0.1) is 0 Å². The highest BCUT2D eigenvalue weighted by Crippen LogP contribution is 2.39. The van der Waals surface area contributed by atoms with Crippen LogP contribution >= 0.6 is 11.6 Å². The fraction of sp³-hybridized carbons (Fsp3) is 0.417. The molecule has 0 amide bonds. The molecule has 0 bridgehead atoms. The number of nitrogens with zero attached hydrogens (tertiary/aromatic N) is 2. The summed E-state index contributed by atoms with van der Waals surface area (Å²) in [5.41, 5.74) is 3.27. The topological polar surface area (TPSA) is 29.9 Å². The van der Waals surface area contributed by atoms with Crippen LogP contribution < -0.4 is 5.32 Å². The second kappa shape index (κ2) is 3.75. The number of benzene rings is 1. The van der Waals surface area contributed by atoms with Crippen molar-refractivity contribution in [2.45, 2.75) is 25.4 Å². The van der Waals surface area contributed by atoms with Crippen LogP contribution in [0, 0.1) is 0 Å². The van der Waals surface area contributed by atoms with Gasteiger partial charge < -0.3 is 9.88 Å². The quantitative estimate of drug-likeness (QED) is 0.887. The Morgan fingerprint density at radius 3 is 3.00 bits per heavy atom. The van der Waals surface area contributed by atoms with E-state index in [4.69, 9.17) is 11.6 Å². The predicted molar refractivity (Wildman–Crippen MR) is 65.8 cm³/mol. The van der Waals surface area contributed by atoms with E-state index in [0.29, 0.717) is 6.04 Å². The van der Waals surface area contributed by atoms with Gasteiger partial charge in [0.05, 0.1) is 22.4 Å². The maximum atomic E-state index is 6.33. The lowest BCUT2D eigenvalue weighted by Gasteiger charge is -2.05. The molecule has 4 heteroatoms. The number of hydrogen-bond donors (Lipinski definition) is 1. The SMILES string of the molecule is CNCc1cc(Cl)c2c(c1)ncn2C1CC1. The first-order valence-electron chi connectivity index (χ1n) is 5.59. The molecule has 0 spiro atoms. The van der Waals surface area contributed by atoms with Crippen LogP contribution in [-0.4, -0.2) is 16.6 Å². The van der Waals surface area contributed by atoms with Crippen molar-refractivity contribution in [3.8, 4) is 0 Å². The molecular weight excluding hydrogens is 222 g/mol. The van der Waals surface area contributed by atoms with Gasteiger partial charge in [-0.25, -0.2) is 4.98 Å². The van der Waals surface area contributed by atoms with Gasteiger partial charge in [0, 0.05) is 12.6 Å². The van der Waals surface area contributed by atoms with Crippen LogP contribution in [0.3, 0.4) is 0 Å². The van der Waals surface area contributed by atoms with Gasteiger partial charge in [0.2, 0.25) is 0 Å². The molecule has 0 radical (unpaired) electrons. The molecule has 16 heavy (non-hydrogen) atoms. The van der Waals surface area contributed by atoms with Crippen LogP contribution in [0.5, 0.6) is 0 Å². The monoisotopic (exact) mass is 235 g/mol. The van der Waals surface area contributed by atoms with Crippen LogP contribution in [-0.2, 0) is 6.54 Å². The molecule has 1 aromatic heterocycles. The van der Waals surface area contributed by atoms with Crippen molar-refractivity contribution in [1.29, 1.82) is 0 Å². The summed E-state index contributed by atoms with van der Waals surface area (Å²) in [5, 5.41) is 3.94. The minimum Gasteiger partial charge on any atom is -0.326 e. The fourth-order valence-corrected chi connectivity index (χ4v) is 2.45. The van der Waals surface area contributed by atoms with Crippen LogP contribution in [0.25, 0.3) is 11.0 Å². The Morgan fingerprint density at radius 2 is 2.31 bits per heavy atom. The summed E-state index contributed by atoms with van der Waals surface area (Å²) in [6.07, 6.45) is 4.41. The molecule has 0 aliphatic heterocycles. The first-order chi connectivity index (χ1) is 7.79. The Kier molecular flexibility index (Phi) is 2.37. The summed E-state index contributed by atoms with van der Waals surface area (Å²) < 4.78 is 2.21. The number of imidazole rings is 1. The molecule has 1 fully saturated rings. The number of rotatable bonds is 3. The van der Waals surface area contributed by atoms with Gasteiger partial charge in [0.1, 0.15) is 0 Å². The summed E-state index contributed by atoms with van der Waals surface area (Å²) >= 11 is 6.33. The Labute approximate surface area is 99.4 Å². The van der Waals surface area contributed by atoms with Crippen molar-refractivity contribution < 1.29 is 0 Å². The second-order valence-electron chi connectivity index (χ2n) is 4.36. The van der Waals surface area contributed by atoms with Gasteiger partial charge in [-0.1, -0.05) is 11.6 Å². The van der Waals surface area contributed by atoms with Gasteiger partial charge >= 0.3 is 0 Å². The summed E-state index contributed by atoms with van der Waals surface area (Å²) in [6, 6.07) is 4.76. The minimum absolute atomic E-state index is 0.623. The fourth-order valence-electron chi connectivity index (χ4n) is 2.11. The van der Waals surface area contributed by atoms with Gasteiger partial charge in [0.25, 0.3) is 0 Å². The highest BCUT2D eigenvalue weighted by atomic mass is 35.5. The molecule has 1 heterocycles. The Bertz CT molecular complexity index is 528. The van der Waals surface area contributed by atoms with Crippen LogP contribution in [0.2, 0.25) is 5.02 Å². The van der Waals surface area contributed by atoms with E-state index in [9.17, 15) is 0 Å². The van der Waals surface area contributed by atoms with Crippen molar-refractivity contribution >= 4 is 22.6 Å². The zero-order valence-corrected chi connectivity index (χ0v) is 9.96. The molecule has 1 aliphatic rings. The van der Waals surface area contributed by atoms with Gasteiger partial charge in [-0.05, 0) is 37.6 Å². The maximum Gasteiger partial charge on any atom is 0.0961 e. The third-order valence-corrected chi connectivity index (χ3v) is 3.29. The third-order valence-electron chi connectivity index (χ3n) is 3.00. The van der Waals surface area contributed by atoms with E-state index < -0.39 is 0 Å². The smallest absolute Gasteiger partial charge is 0.0961 e. The zero-order chi connectivity index (χ0) is 11.1. The largest absolute Gasteiger partial charge is 0.326 e. The predicted octanol–water partition coefficient (Wildman–Crippen LogP) is 2.74. The molecule has 1 N–H and O–H groups in total. The summed E-state index contributed by atoms with van der Waals surface area (Å²) in [6.45, 7) is 0.825. The maximum absolute atomic E-state index is 6.33. The summed E-state index contributed by atoms with van der Waals surface area (Å²) in [7, 11) is 1.93. The van der Waals surface area contributed by atoms with Crippen molar-refractivity contribution in [3.05, 3.63) is 29.0 Å². The van der Waals surface area contributed by atoms with Crippen LogP contribution in [0.15, 0.2) is 18.5 Å². The first kappa shape index (κ1) is 10.1. The molecule has 0 saturated heterocycles. The standard InChI is InChI=1S/C12H14ClN3/c1-14-6-8-4-10(13)12-11(5-8)15-7-16(12)9-2-3-9/h4-5,7,9,14H,2-3,6H2,1H3. The van der Waals surface area contributed by atoms with Crippen LogP contribution in [0.1, 0.15) is 24.4 Å². The normalized spacial score (nSPS) is 15.9. The molecule has 2 aromatic rings. The van der Waals surface area contributed by atoms with Gasteiger partial charge in [-0.2, -0.15) is 0 Å². The molecule has 3 nitrogen and oxygen atoms in total. The number of fused-ring (bicyclic) bond motifs is 1. The molecule has 84 valence electrons. The Morgan fingerprint density at radius 1 is 1.50 bits per heavy atom. The van der Waals surface area contributed by atoms with Gasteiger partial charge in [0.15, 0.2) is 0 Å². The molecule has 3 rings (SSSR count). The number of aromatic nitrogens is 2. The third kappa shape index (κ3) is 1.60. The Hall–Kier alpha value is -1.06. The first-order valence-corrected chi connectivity index (χ1v) is 5.97. The van der Waals surface area contributed by atoms with Crippen molar-refractivity contribution in [2.24, 2.45) is 0 Å². The number of hydrogen-bond acceptors (Lipinski definition) is 2. The van der Waals surface area contributed by atoms with Crippen molar-refractivity contribution in [2.75, 3.05) is 7.05 Å². The van der Waals surface area contributed by atoms with E-state index in [0.717, 1.165) is 22.6 Å². The van der Waals surface area contributed by atoms with E-state index >= 15 is 0 Å². The lowest BCUT2D eigenvalue weighted by molar-refractivity contribution is 0.765. The van der Waals surface area contributed by atoms with Crippen molar-refractivity contribution in [3.63, 3.8) is 0 Å². The average molecular weight is 236 g/mol. The molecular formula is C12H14ClN3. The molecule has 1 saturated carbocycles. The lowest BCUT2D eigenvalue weighted by atomic mass is 10.2. The highest BCUT2D eigenvalue weighted by molar-refractivity contribution is 6.35. The lowest BCUT2D eigenvalue weighted by Crippen LogP contribution is -2.05. The molecule has 1 aromatic carbocycles. The van der Waals surface area contributed by atoms with Crippen molar-refractivity contribution in [1.82, 2.24) is 14.9 Å². The second-order valence-corrected chi connectivity index (χ2v) is 4.77. The van der Waals surface area contributed by atoms with E-state index in [1.54, 1.807) is 0 Å². The van der Waals surface area contributed by atoms with Crippen LogP contribution in [0.4, 0.5) is 0 Å². The summed E-state index contributed by atoms with van der Waals surface area (Å²) in [5.74, 6) is 0. The summed E-state index contributed by atoms with van der Waals surface area (Å²) in [4.78, 5) is 4.43. The minimum atomic E-state index is 0.623. The molecule has 1 aliphatic carbocycles. The highest BCUT2D eigenvalue weighted by Gasteiger charge is 2.25. The number of halogens is 1. The van der Waals surface area contributed by atoms with E-state index in [1.807, 2.05) is 19.4 Å².